The number of carbonyl (C=O) groups is 2. The molecule has 4 nitrogen and oxygen atoms in total. The Bertz CT molecular complexity index is 1880. The number of fused-ring (bicyclic) bond motifs is 2. The van der Waals surface area contributed by atoms with Gasteiger partial charge in [0.15, 0.2) is 0 Å². The molecule has 0 aliphatic heterocycles. The number of amides is 1. The van der Waals surface area contributed by atoms with Crippen LogP contribution in [0.25, 0.3) is 32.0 Å². The van der Waals surface area contributed by atoms with E-state index in [1.165, 1.54) is 24.3 Å². The highest BCUT2D eigenvalue weighted by molar-refractivity contribution is 7.17. The summed E-state index contributed by atoms with van der Waals surface area (Å²) in [6.07, 6.45) is 0.634. The zero-order chi connectivity index (χ0) is 27.6. The second-order valence-electron chi connectivity index (χ2n) is 9.71. The lowest BCUT2D eigenvalue weighted by molar-refractivity contribution is 0.0696. The molecule has 6 rings (SSSR count). The number of nitrogens with one attached hydrogen (secondary N) is 1. The number of thiophene rings is 1. The molecule has 40 heavy (non-hydrogen) atoms. The molecule has 0 atom stereocenters. The Morgan fingerprint density at radius 1 is 0.775 bits per heavy atom. The highest BCUT2D eigenvalue weighted by atomic mass is 32.1. The van der Waals surface area contributed by atoms with Crippen molar-refractivity contribution in [3.63, 3.8) is 0 Å². The monoisotopic (exact) mass is 545 g/mol. The standard InChI is InChI=1S/C34H24FNO3S/c35-29-13-12-25-14-22(8-11-26(25)16-29)15-28-20-40-31-18-27(23-4-2-1-3-5-23)17-30(32(28)31)33(37)36-19-21-6-9-24(10-7-21)34(38)39/h1-14,16-18,20H,15,19H2,(H,36,37)(H,38,39). The van der Waals surface area contributed by atoms with Gasteiger partial charge in [-0.2, -0.15) is 0 Å². The van der Waals surface area contributed by atoms with E-state index >= 15 is 0 Å². The summed E-state index contributed by atoms with van der Waals surface area (Å²) in [7, 11) is 0. The van der Waals surface area contributed by atoms with E-state index in [2.05, 4.69) is 22.8 Å². The maximum Gasteiger partial charge on any atom is 0.335 e. The van der Waals surface area contributed by atoms with E-state index in [9.17, 15) is 14.0 Å². The lowest BCUT2D eigenvalue weighted by Gasteiger charge is -2.12. The van der Waals surface area contributed by atoms with E-state index in [0.717, 1.165) is 48.7 Å². The van der Waals surface area contributed by atoms with Gasteiger partial charge in [0, 0.05) is 22.2 Å². The Hall–Kier alpha value is -4.81. The number of carbonyl (C=O) groups excluding carboxylic acids is 1. The molecule has 6 heteroatoms. The smallest absolute Gasteiger partial charge is 0.335 e. The maximum absolute atomic E-state index is 13.7. The van der Waals surface area contributed by atoms with Crippen LogP contribution in [0, 0.1) is 5.82 Å². The molecule has 0 aliphatic carbocycles. The van der Waals surface area contributed by atoms with Crippen LogP contribution >= 0.6 is 11.3 Å². The molecular formula is C34H24FNO3S. The van der Waals surface area contributed by atoms with E-state index < -0.39 is 5.97 Å². The highest BCUT2D eigenvalue weighted by Crippen LogP contribution is 2.35. The molecule has 1 amide bonds. The van der Waals surface area contributed by atoms with Crippen molar-refractivity contribution in [1.82, 2.24) is 5.32 Å². The Balaban J connectivity index is 1.36. The van der Waals surface area contributed by atoms with Crippen molar-refractivity contribution in [2.45, 2.75) is 13.0 Å². The quantitative estimate of drug-likeness (QED) is 0.213. The summed E-state index contributed by atoms with van der Waals surface area (Å²) in [5.74, 6) is -1.44. The summed E-state index contributed by atoms with van der Waals surface area (Å²) < 4.78 is 14.7. The number of hydrogen-bond donors (Lipinski definition) is 2. The average molecular weight is 546 g/mol. The molecule has 0 fully saturated rings. The van der Waals surface area contributed by atoms with Crippen LogP contribution in [0.3, 0.4) is 0 Å². The molecule has 2 N–H and O–H groups in total. The van der Waals surface area contributed by atoms with Crippen LogP contribution in [0.2, 0.25) is 0 Å². The SMILES string of the molecule is O=C(O)c1ccc(CNC(=O)c2cc(-c3ccccc3)cc3scc(Cc4ccc5cc(F)ccc5c4)c23)cc1. The molecule has 0 saturated heterocycles. The normalized spacial score (nSPS) is 11.1. The minimum absolute atomic E-state index is 0.196. The predicted molar refractivity (Wildman–Crippen MR) is 159 cm³/mol. The first kappa shape index (κ1) is 25.5. The van der Waals surface area contributed by atoms with Crippen LogP contribution < -0.4 is 5.32 Å². The molecule has 0 radical (unpaired) electrons. The van der Waals surface area contributed by atoms with Crippen LogP contribution in [0.15, 0.2) is 109 Å². The fourth-order valence-electron chi connectivity index (χ4n) is 4.98. The largest absolute Gasteiger partial charge is 0.478 e. The number of rotatable bonds is 7. The first-order chi connectivity index (χ1) is 19.4. The lowest BCUT2D eigenvalue weighted by Crippen LogP contribution is -2.23. The van der Waals surface area contributed by atoms with Crippen molar-refractivity contribution in [1.29, 1.82) is 0 Å². The molecule has 5 aromatic carbocycles. The van der Waals surface area contributed by atoms with Crippen LogP contribution in [-0.2, 0) is 13.0 Å². The van der Waals surface area contributed by atoms with Crippen LogP contribution in [-0.4, -0.2) is 17.0 Å². The van der Waals surface area contributed by atoms with Gasteiger partial charge in [0.1, 0.15) is 5.82 Å². The molecule has 0 aliphatic rings. The topological polar surface area (TPSA) is 66.4 Å². The van der Waals surface area contributed by atoms with E-state index in [1.807, 2.05) is 48.5 Å². The van der Waals surface area contributed by atoms with Gasteiger partial charge in [-0.25, -0.2) is 9.18 Å². The van der Waals surface area contributed by atoms with E-state index in [1.54, 1.807) is 29.5 Å². The number of carboxylic acids is 1. The van der Waals surface area contributed by atoms with Gasteiger partial charge >= 0.3 is 5.97 Å². The lowest BCUT2D eigenvalue weighted by atomic mass is 9.95. The molecule has 0 bridgehead atoms. The summed E-state index contributed by atoms with van der Waals surface area (Å²) in [5, 5.41) is 17.0. The van der Waals surface area contributed by atoms with Crippen molar-refractivity contribution in [3.05, 3.63) is 142 Å². The molecule has 196 valence electrons. The van der Waals surface area contributed by atoms with Crippen LogP contribution in [0.5, 0.6) is 0 Å². The number of benzene rings is 5. The van der Waals surface area contributed by atoms with Crippen molar-refractivity contribution in [2.24, 2.45) is 0 Å². The Morgan fingerprint density at radius 2 is 1.50 bits per heavy atom. The van der Waals surface area contributed by atoms with Gasteiger partial charge in [-0.05, 0) is 86.8 Å². The fraction of sp³-hybridized carbons (Fsp3) is 0.0588. The minimum Gasteiger partial charge on any atom is -0.478 e. The van der Waals surface area contributed by atoms with Crippen molar-refractivity contribution in [3.8, 4) is 11.1 Å². The van der Waals surface area contributed by atoms with E-state index in [4.69, 9.17) is 5.11 Å². The highest BCUT2D eigenvalue weighted by Gasteiger charge is 2.18. The number of carboxylic acid groups (broad SMARTS) is 1. The molecular weight excluding hydrogens is 521 g/mol. The first-order valence-corrected chi connectivity index (χ1v) is 13.7. The van der Waals surface area contributed by atoms with Crippen LogP contribution in [0.1, 0.15) is 37.4 Å². The van der Waals surface area contributed by atoms with Gasteiger partial charge in [-0.3, -0.25) is 4.79 Å². The Kier molecular flexibility index (Phi) is 6.84. The predicted octanol–water partition coefficient (Wildman–Crippen LogP) is 8.08. The second-order valence-corrected chi connectivity index (χ2v) is 10.6. The average Bonchev–Trinajstić information content (AvgIpc) is 3.38. The van der Waals surface area contributed by atoms with E-state index in [0.29, 0.717) is 12.0 Å². The van der Waals surface area contributed by atoms with Crippen molar-refractivity contribution in [2.75, 3.05) is 0 Å². The zero-order valence-corrected chi connectivity index (χ0v) is 22.2. The minimum atomic E-state index is -0.987. The second kappa shape index (κ2) is 10.8. The summed E-state index contributed by atoms with van der Waals surface area (Å²) in [5.41, 5.74) is 5.73. The molecule has 0 saturated carbocycles. The van der Waals surface area contributed by atoms with Gasteiger partial charge in [0.25, 0.3) is 5.91 Å². The number of hydrogen-bond acceptors (Lipinski definition) is 3. The Morgan fingerprint density at radius 3 is 2.27 bits per heavy atom. The van der Waals surface area contributed by atoms with Crippen LogP contribution in [0.4, 0.5) is 4.39 Å². The molecule has 0 spiro atoms. The van der Waals surface area contributed by atoms with Gasteiger partial charge in [0.2, 0.25) is 0 Å². The van der Waals surface area contributed by atoms with Gasteiger partial charge in [-0.15, -0.1) is 11.3 Å². The first-order valence-electron chi connectivity index (χ1n) is 12.8. The molecule has 6 aromatic rings. The summed E-state index contributed by atoms with van der Waals surface area (Å²) in [6, 6.07) is 31.3. The molecule has 0 unspecified atom stereocenters. The third-order valence-electron chi connectivity index (χ3n) is 7.02. The molecule has 1 heterocycles. The Labute approximate surface area is 234 Å². The summed E-state index contributed by atoms with van der Waals surface area (Å²) in [4.78, 5) is 24.8. The van der Waals surface area contributed by atoms with E-state index in [-0.39, 0.29) is 23.8 Å². The maximum atomic E-state index is 13.7. The third-order valence-corrected chi connectivity index (χ3v) is 8.00. The number of halogens is 1. The van der Waals surface area contributed by atoms with Gasteiger partial charge in [-0.1, -0.05) is 66.7 Å². The number of aromatic carboxylic acids is 1. The van der Waals surface area contributed by atoms with Crippen molar-refractivity contribution < 1.29 is 19.1 Å². The van der Waals surface area contributed by atoms with Gasteiger partial charge in [0.05, 0.1) is 5.56 Å². The van der Waals surface area contributed by atoms with Gasteiger partial charge < -0.3 is 10.4 Å². The third kappa shape index (κ3) is 5.22. The molecule has 1 aromatic heterocycles. The fourth-order valence-corrected chi connectivity index (χ4v) is 6.00. The summed E-state index contributed by atoms with van der Waals surface area (Å²) >= 11 is 1.61. The van der Waals surface area contributed by atoms with Crippen molar-refractivity contribution >= 4 is 44.1 Å². The summed E-state index contributed by atoms with van der Waals surface area (Å²) in [6.45, 7) is 0.274. The zero-order valence-electron chi connectivity index (χ0n) is 21.4.